The molecule has 2 fully saturated rings. The van der Waals surface area contributed by atoms with Crippen molar-refractivity contribution in [3.8, 4) is 23.0 Å². The SMILES string of the molecule is CC(=O)ON1CCN(C(=O)c2nc(-c3ccc(OC(F)F)c(OCC4CC4)c3)oc2[C@H](C)N)C(C(N)=O)C1. The molecule has 2 aromatic rings. The van der Waals surface area contributed by atoms with Crippen LogP contribution < -0.4 is 20.9 Å². The molecule has 38 heavy (non-hydrogen) atoms. The average Bonchev–Trinajstić information content (AvgIpc) is 3.57. The lowest BCUT2D eigenvalue weighted by Gasteiger charge is -2.38. The van der Waals surface area contributed by atoms with Crippen molar-refractivity contribution >= 4 is 17.8 Å². The molecule has 2 amide bonds. The summed E-state index contributed by atoms with van der Waals surface area (Å²) in [5.74, 6) is -1.67. The summed E-state index contributed by atoms with van der Waals surface area (Å²) in [6, 6.07) is 2.33. The van der Waals surface area contributed by atoms with Crippen LogP contribution in [0.1, 0.15) is 49.0 Å². The van der Waals surface area contributed by atoms with Gasteiger partial charge in [0.05, 0.1) is 25.7 Å². The molecule has 0 bridgehead atoms. The van der Waals surface area contributed by atoms with Crippen molar-refractivity contribution in [3.63, 3.8) is 0 Å². The summed E-state index contributed by atoms with van der Waals surface area (Å²) in [4.78, 5) is 47.6. The van der Waals surface area contributed by atoms with Gasteiger partial charge in [-0.25, -0.2) is 4.98 Å². The summed E-state index contributed by atoms with van der Waals surface area (Å²) in [6.45, 7) is 0.148. The molecule has 2 heterocycles. The molecule has 2 atom stereocenters. The zero-order valence-electron chi connectivity index (χ0n) is 20.9. The van der Waals surface area contributed by atoms with Crippen molar-refractivity contribution in [1.82, 2.24) is 14.9 Å². The first-order chi connectivity index (χ1) is 18.0. The molecule has 1 saturated carbocycles. The highest BCUT2D eigenvalue weighted by Gasteiger charge is 2.38. The Labute approximate surface area is 216 Å². The van der Waals surface area contributed by atoms with Gasteiger partial charge in [0, 0.05) is 19.0 Å². The predicted octanol–water partition coefficient (Wildman–Crippen LogP) is 1.84. The number of rotatable bonds is 10. The largest absolute Gasteiger partial charge is 0.489 e. The van der Waals surface area contributed by atoms with E-state index in [1.165, 1.54) is 35.1 Å². The number of primary amides is 1. The number of nitrogens with two attached hydrogens (primary N) is 2. The number of hydrogen-bond acceptors (Lipinski definition) is 10. The molecule has 12 nitrogen and oxygen atoms in total. The van der Waals surface area contributed by atoms with Crippen molar-refractivity contribution in [2.45, 2.75) is 45.4 Å². The number of carbonyl (C=O) groups is 3. The van der Waals surface area contributed by atoms with Gasteiger partial charge < -0.3 is 35.1 Å². The van der Waals surface area contributed by atoms with E-state index in [9.17, 15) is 23.2 Å². The maximum atomic E-state index is 13.5. The highest BCUT2D eigenvalue weighted by Crippen LogP contribution is 2.37. The van der Waals surface area contributed by atoms with Gasteiger partial charge in [0.15, 0.2) is 23.0 Å². The van der Waals surface area contributed by atoms with Gasteiger partial charge in [0.25, 0.3) is 5.91 Å². The van der Waals surface area contributed by atoms with E-state index in [4.69, 9.17) is 25.5 Å². The molecule has 4 rings (SSSR count). The van der Waals surface area contributed by atoms with E-state index in [2.05, 4.69) is 9.72 Å². The van der Waals surface area contributed by atoms with Gasteiger partial charge in [0.2, 0.25) is 11.8 Å². The summed E-state index contributed by atoms with van der Waals surface area (Å²) in [5, 5.41) is 1.26. The van der Waals surface area contributed by atoms with Crippen LogP contribution in [0.25, 0.3) is 11.5 Å². The van der Waals surface area contributed by atoms with E-state index in [0.717, 1.165) is 12.8 Å². The van der Waals surface area contributed by atoms with Crippen LogP contribution in [0.15, 0.2) is 22.6 Å². The van der Waals surface area contributed by atoms with Crippen molar-refractivity contribution in [2.75, 3.05) is 26.2 Å². The highest BCUT2D eigenvalue weighted by atomic mass is 19.3. The number of oxazole rings is 1. The quantitative estimate of drug-likeness (QED) is 0.457. The number of amides is 2. The van der Waals surface area contributed by atoms with Gasteiger partial charge in [-0.15, -0.1) is 5.06 Å². The maximum absolute atomic E-state index is 13.5. The second-order valence-electron chi connectivity index (χ2n) is 9.20. The van der Waals surface area contributed by atoms with Gasteiger partial charge in [-0.2, -0.15) is 8.78 Å². The Morgan fingerprint density at radius 2 is 1.95 bits per heavy atom. The monoisotopic (exact) mass is 537 g/mol. The lowest BCUT2D eigenvalue weighted by molar-refractivity contribution is -0.198. The third-order valence-corrected chi connectivity index (χ3v) is 6.04. The van der Waals surface area contributed by atoms with Gasteiger partial charge in [-0.3, -0.25) is 14.4 Å². The second-order valence-corrected chi connectivity index (χ2v) is 9.20. The van der Waals surface area contributed by atoms with Crippen LogP contribution in [0, 0.1) is 5.92 Å². The van der Waals surface area contributed by atoms with Crippen LogP contribution in [0.4, 0.5) is 8.78 Å². The van der Waals surface area contributed by atoms with Crippen LogP contribution >= 0.6 is 0 Å². The molecule has 1 saturated heterocycles. The summed E-state index contributed by atoms with van der Waals surface area (Å²) < 4.78 is 41.9. The fraction of sp³-hybridized carbons (Fsp3) is 0.500. The summed E-state index contributed by atoms with van der Waals surface area (Å²) in [6.07, 6.45) is 1.99. The fourth-order valence-corrected chi connectivity index (χ4v) is 4.00. The molecule has 0 radical (unpaired) electrons. The molecule has 1 unspecified atom stereocenters. The lowest BCUT2D eigenvalue weighted by Crippen LogP contribution is -2.60. The molecule has 0 spiro atoms. The van der Waals surface area contributed by atoms with E-state index in [-0.39, 0.29) is 48.5 Å². The first kappa shape index (κ1) is 27.3. The third kappa shape index (κ3) is 6.37. The molecule has 1 aromatic heterocycles. The number of piperazine rings is 1. The van der Waals surface area contributed by atoms with E-state index in [0.29, 0.717) is 18.1 Å². The van der Waals surface area contributed by atoms with Crippen molar-refractivity contribution in [2.24, 2.45) is 17.4 Å². The van der Waals surface area contributed by atoms with Crippen molar-refractivity contribution in [3.05, 3.63) is 29.7 Å². The smallest absolute Gasteiger partial charge is 0.387 e. The first-order valence-corrected chi connectivity index (χ1v) is 12.1. The standard InChI is InChI=1S/C24H29F2N5O7/c1-12(27)20-19(23(34)31-8-7-30(38-13(2)32)10-16(31)21(28)33)29-22(37-20)15-5-6-17(36-24(25)26)18(9-15)35-11-14-3-4-14/h5-6,9,12,14,16,24H,3-4,7-8,10-11,27H2,1-2H3,(H2,28,33)/t12-,16?/m0/s1. The van der Waals surface area contributed by atoms with E-state index in [1.54, 1.807) is 6.92 Å². The number of hydroxylamine groups is 2. The van der Waals surface area contributed by atoms with Crippen LogP contribution in [0.3, 0.4) is 0 Å². The molecule has 1 aliphatic heterocycles. The lowest BCUT2D eigenvalue weighted by atomic mass is 10.1. The van der Waals surface area contributed by atoms with Crippen molar-refractivity contribution < 1.29 is 41.9 Å². The van der Waals surface area contributed by atoms with E-state index in [1.807, 2.05) is 0 Å². The topological polar surface area (TPSA) is 163 Å². The van der Waals surface area contributed by atoms with Gasteiger partial charge in [-0.05, 0) is 43.9 Å². The van der Waals surface area contributed by atoms with Gasteiger partial charge >= 0.3 is 12.6 Å². The first-order valence-electron chi connectivity index (χ1n) is 12.1. The zero-order chi connectivity index (χ0) is 27.6. The number of halogens is 2. The minimum absolute atomic E-state index is 0.00491. The molecule has 2 aliphatic rings. The van der Waals surface area contributed by atoms with Gasteiger partial charge in [0.1, 0.15) is 6.04 Å². The summed E-state index contributed by atoms with van der Waals surface area (Å²) in [5.41, 5.74) is 11.8. The normalized spacial score (nSPS) is 18.8. The van der Waals surface area contributed by atoms with Crippen LogP contribution in [-0.2, 0) is 14.4 Å². The number of alkyl halides is 2. The van der Waals surface area contributed by atoms with Crippen LogP contribution in [-0.4, -0.2) is 71.6 Å². The molecule has 1 aromatic carbocycles. The molecule has 1 aliphatic carbocycles. The Kier molecular flexibility index (Phi) is 8.11. The number of hydrogen-bond donors (Lipinski definition) is 2. The predicted molar refractivity (Wildman–Crippen MR) is 127 cm³/mol. The summed E-state index contributed by atoms with van der Waals surface area (Å²) in [7, 11) is 0. The second kappa shape index (κ2) is 11.3. The number of carbonyl (C=O) groups excluding carboxylic acids is 3. The average molecular weight is 538 g/mol. The fourth-order valence-electron chi connectivity index (χ4n) is 4.00. The summed E-state index contributed by atoms with van der Waals surface area (Å²) >= 11 is 0. The highest BCUT2D eigenvalue weighted by molar-refractivity contribution is 5.97. The zero-order valence-corrected chi connectivity index (χ0v) is 20.9. The number of aromatic nitrogens is 1. The van der Waals surface area contributed by atoms with Crippen molar-refractivity contribution in [1.29, 1.82) is 0 Å². The van der Waals surface area contributed by atoms with E-state index >= 15 is 0 Å². The Bertz CT molecular complexity index is 1200. The molecule has 14 heteroatoms. The van der Waals surface area contributed by atoms with Gasteiger partial charge in [-0.1, -0.05) is 0 Å². The number of ether oxygens (including phenoxy) is 2. The maximum Gasteiger partial charge on any atom is 0.387 e. The van der Waals surface area contributed by atoms with E-state index < -0.39 is 36.5 Å². The van der Waals surface area contributed by atoms with Crippen LogP contribution in [0.2, 0.25) is 0 Å². The molecular weight excluding hydrogens is 508 g/mol. The Hall–Kier alpha value is -3.78. The minimum Gasteiger partial charge on any atom is -0.489 e. The molecular formula is C24H29F2N5O7. The number of benzene rings is 1. The molecule has 4 N–H and O–H groups in total. The Morgan fingerprint density at radius 1 is 1.21 bits per heavy atom. The minimum atomic E-state index is -3.04. The van der Waals surface area contributed by atoms with Crippen LogP contribution in [0.5, 0.6) is 11.5 Å². The molecule has 206 valence electrons. The number of nitrogens with zero attached hydrogens (tertiary/aromatic N) is 3. The Balaban J connectivity index is 1.63. The Morgan fingerprint density at radius 3 is 2.55 bits per heavy atom. The third-order valence-electron chi connectivity index (χ3n) is 6.04.